The first-order valence-electron chi connectivity index (χ1n) is 19.7. The number of nitrogens with one attached hydrogen (secondary N) is 1. The van der Waals surface area contributed by atoms with Gasteiger partial charge < -0.3 is 38.6 Å². The summed E-state index contributed by atoms with van der Waals surface area (Å²) in [6, 6.07) is 9.34. The fraction of sp³-hybridized carbons (Fsp3) is 0.756. The predicted molar refractivity (Wildman–Crippen MR) is 213 cm³/mol. The molecule has 60 heavy (non-hydrogen) atoms. The zero-order chi connectivity index (χ0) is 46.4. The first-order chi connectivity index (χ1) is 27.3. The van der Waals surface area contributed by atoms with E-state index in [0.29, 0.717) is 6.92 Å². The van der Waals surface area contributed by atoms with Crippen molar-refractivity contribution < 1.29 is 79.4 Å². The lowest BCUT2D eigenvalue weighted by Gasteiger charge is -2.43. The molecule has 1 aromatic rings. The quantitative estimate of drug-likeness (QED) is 0.0438. The van der Waals surface area contributed by atoms with Gasteiger partial charge in [0, 0.05) is 13.0 Å². The highest BCUT2D eigenvalue weighted by molar-refractivity contribution is 7.88. The number of esters is 4. The number of carbonyl (C=O) groups excluding carboxylic acids is 4. The third kappa shape index (κ3) is 17.9. The van der Waals surface area contributed by atoms with Crippen molar-refractivity contribution in [1.82, 2.24) is 4.72 Å². The Morgan fingerprint density at radius 1 is 0.733 bits per heavy atom. The molecular weight excluding hydrogens is 820 g/mol. The number of benzene rings is 1. The van der Waals surface area contributed by atoms with Crippen molar-refractivity contribution in [3.05, 3.63) is 35.9 Å². The number of hydrogen-bond acceptors (Lipinski definition) is 14. The summed E-state index contributed by atoms with van der Waals surface area (Å²) in [5.41, 5.74) is -9.03. The van der Waals surface area contributed by atoms with Gasteiger partial charge in [-0.3, -0.25) is 19.2 Å². The number of hydrogen-bond donors (Lipinski definition) is 3. The van der Waals surface area contributed by atoms with Crippen LogP contribution in [-0.4, -0.2) is 112 Å². The van der Waals surface area contributed by atoms with Gasteiger partial charge in [0.25, 0.3) is 0 Å². The molecule has 5 unspecified atom stereocenters. The van der Waals surface area contributed by atoms with Gasteiger partial charge in [-0.25, -0.2) is 13.1 Å². The van der Waals surface area contributed by atoms with Gasteiger partial charge >= 0.3 is 30.1 Å². The SMILES string of the molecule is CCC(C)(CC(C)(CC(C)(CC(C)(C)C(=O)OCCNS(C)(=O)=O)C(=O)OC(C)CC(C)(O)C(F)(F)F)C(=O)OCCOC(C)(C)OCc1ccccc1)C(=O)OCCO. The van der Waals surface area contributed by atoms with Crippen molar-refractivity contribution >= 4 is 33.9 Å². The van der Waals surface area contributed by atoms with Gasteiger partial charge in [-0.05, 0) is 93.6 Å². The lowest BCUT2D eigenvalue weighted by Crippen LogP contribution is -2.49. The Labute approximate surface area is 352 Å². The Hall–Kier alpha value is -3.36. The third-order valence-electron chi connectivity index (χ3n) is 10.0. The molecule has 0 spiro atoms. The second kappa shape index (κ2) is 22.1. The lowest BCUT2D eigenvalue weighted by molar-refractivity contribution is -0.261. The average molecular weight is 886 g/mol. The number of rotatable bonds is 27. The Morgan fingerprint density at radius 3 is 1.78 bits per heavy atom. The predicted octanol–water partition coefficient (Wildman–Crippen LogP) is 5.39. The minimum absolute atomic E-state index is 0.111. The summed E-state index contributed by atoms with van der Waals surface area (Å²) in [4.78, 5) is 55.5. The zero-order valence-electron chi connectivity index (χ0n) is 36.8. The van der Waals surface area contributed by atoms with Crippen LogP contribution in [0, 0.1) is 21.7 Å². The van der Waals surface area contributed by atoms with Crippen LogP contribution >= 0.6 is 0 Å². The molecule has 0 radical (unpaired) electrons. The lowest BCUT2D eigenvalue weighted by atomic mass is 9.61. The first-order valence-corrected chi connectivity index (χ1v) is 21.6. The molecule has 0 aliphatic carbocycles. The molecule has 0 saturated carbocycles. The van der Waals surface area contributed by atoms with Crippen molar-refractivity contribution in [2.24, 2.45) is 21.7 Å². The van der Waals surface area contributed by atoms with E-state index in [1.807, 2.05) is 30.3 Å². The van der Waals surface area contributed by atoms with Gasteiger partial charge in [0.05, 0.1) is 47.7 Å². The molecule has 1 rings (SSSR count). The smallest absolute Gasteiger partial charge is 0.417 e. The van der Waals surface area contributed by atoms with Crippen LogP contribution in [-0.2, 0) is 64.2 Å². The molecule has 3 N–H and O–H groups in total. The van der Waals surface area contributed by atoms with Crippen LogP contribution in [0.25, 0.3) is 0 Å². The fourth-order valence-corrected chi connectivity index (χ4v) is 7.37. The summed E-state index contributed by atoms with van der Waals surface area (Å²) in [5, 5.41) is 19.5. The van der Waals surface area contributed by atoms with Crippen LogP contribution in [0.4, 0.5) is 13.2 Å². The monoisotopic (exact) mass is 885 g/mol. The summed E-state index contributed by atoms with van der Waals surface area (Å²) in [7, 11) is -3.61. The molecule has 0 aliphatic rings. The minimum Gasteiger partial charge on any atom is -0.464 e. The normalized spacial score (nSPS) is 17.2. The molecule has 0 heterocycles. The van der Waals surface area contributed by atoms with E-state index in [1.54, 1.807) is 20.8 Å². The van der Waals surface area contributed by atoms with E-state index in [4.69, 9.17) is 28.4 Å². The molecule has 0 aromatic heterocycles. The van der Waals surface area contributed by atoms with Crippen molar-refractivity contribution in [3.8, 4) is 0 Å². The topological polar surface area (TPSA) is 210 Å². The Kier molecular flexibility index (Phi) is 20.2. The van der Waals surface area contributed by atoms with Gasteiger partial charge in [-0.1, -0.05) is 37.3 Å². The number of carbonyl (C=O) groups is 4. The zero-order valence-corrected chi connectivity index (χ0v) is 37.6. The number of sulfonamides is 1. The first kappa shape index (κ1) is 54.7. The van der Waals surface area contributed by atoms with Crippen molar-refractivity contribution in [1.29, 1.82) is 0 Å². The summed E-state index contributed by atoms with van der Waals surface area (Å²) >= 11 is 0. The van der Waals surface area contributed by atoms with Gasteiger partial charge in [-0.2, -0.15) is 13.2 Å². The third-order valence-corrected chi connectivity index (χ3v) is 10.8. The molecule has 5 atom stereocenters. The van der Waals surface area contributed by atoms with Crippen molar-refractivity contribution in [2.45, 2.75) is 132 Å². The molecule has 0 aliphatic heterocycles. The molecule has 19 heteroatoms. The van der Waals surface area contributed by atoms with Crippen LogP contribution in [0.5, 0.6) is 0 Å². The van der Waals surface area contributed by atoms with Crippen LogP contribution < -0.4 is 4.72 Å². The van der Waals surface area contributed by atoms with E-state index in [2.05, 4.69) is 4.72 Å². The Bertz CT molecular complexity index is 1670. The highest BCUT2D eigenvalue weighted by Gasteiger charge is 2.55. The summed E-state index contributed by atoms with van der Waals surface area (Å²) in [6.07, 6.45) is -7.86. The van der Waals surface area contributed by atoms with Crippen LogP contribution in [0.15, 0.2) is 30.3 Å². The number of aliphatic hydroxyl groups is 2. The molecule has 1 aromatic carbocycles. The van der Waals surface area contributed by atoms with E-state index in [0.717, 1.165) is 18.7 Å². The molecule has 0 bridgehead atoms. The van der Waals surface area contributed by atoms with Gasteiger partial charge in [0.15, 0.2) is 11.4 Å². The van der Waals surface area contributed by atoms with Gasteiger partial charge in [-0.15, -0.1) is 0 Å². The van der Waals surface area contributed by atoms with Crippen molar-refractivity contribution in [2.75, 3.05) is 45.8 Å². The van der Waals surface area contributed by atoms with Gasteiger partial charge in [0.1, 0.15) is 25.9 Å². The highest BCUT2D eigenvalue weighted by atomic mass is 32.2. The maximum atomic E-state index is 14.3. The van der Waals surface area contributed by atoms with E-state index in [1.165, 1.54) is 34.6 Å². The second-order valence-corrected chi connectivity index (χ2v) is 19.3. The number of ether oxygens (including phenoxy) is 6. The summed E-state index contributed by atoms with van der Waals surface area (Å²) in [5.74, 6) is -4.79. The van der Waals surface area contributed by atoms with Crippen LogP contribution in [0.1, 0.15) is 107 Å². The standard InChI is InChI=1S/C41H66F3NO14S/c1-12-37(7,32(48)55-21-19-46)27-39(9,33(49)56-22-23-57-36(5,6)58-25-30-16-14-13-15-17-30)28-38(8,34(50)59-29(2)24-40(10,51)41(42,43)44)26-35(3,4)31(47)54-20-18-45-60(11,52)53/h13-17,29,45-46,51H,12,18-28H2,1-11H3. The molecular formula is C41H66F3NO14S. The molecule has 346 valence electrons. The van der Waals surface area contributed by atoms with Gasteiger partial charge in [0.2, 0.25) is 10.0 Å². The average Bonchev–Trinajstić information content (AvgIpc) is 3.11. The summed E-state index contributed by atoms with van der Waals surface area (Å²) < 4.78 is 99.6. The highest BCUT2D eigenvalue weighted by Crippen LogP contribution is 2.50. The second-order valence-electron chi connectivity index (χ2n) is 17.5. The minimum atomic E-state index is -5.07. The van der Waals surface area contributed by atoms with E-state index < -0.39 is 105 Å². The Morgan fingerprint density at radius 2 is 1.25 bits per heavy atom. The molecule has 0 saturated heterocycles. The van der Waals surface area contributed by atoms with Crippen LogP contribution in [0.3, 0.4) is 0 Å². The Balaban J connectivity index is 3.62. The van der Waals surface area contributed by atoms with E-state index >= 15 is 0 Å². The fourth-order valence-electron chi connectivity index (χ4n) is 6.91. The molecule has 0 amide bonds. The van der Waals surface area contributed by atoms with Crippen molar-refractivity contribution in [3.63, 3.8) is 0 Å². The number of alkyl halides is 3. The van der Waals surface area contributed by atoms with E-state index in [-0.39, 0.29) is 52.4 Å². The number of aliphatic hydroxyl groups excluding tert-OH is 1. The largest absolute Gasteiger partial charge is 0.464 e. The molecule has 15 nitrogen and oxygen atoms in total. The maximum absolute atomic E-state index is 14.3. The number of halogens is 3. The van der Waals surface area contributed by atoms with Crippen LogP contribution in [0.2, 0.25) is 0 Å². The maximum Gasteiger partial charge on any atom is 0.417 e. The molecule has 0 fully saturated rings. The summed E-state index contributed by atoms with van der Waals surface area (Å²) in [6.45, 7) is 12.1. The van der Waals surface area contributed by atoms with E-state index in [9.17, 15) is 51.0 Å².